The number of carboxylic acids is 1. The molecule has 1 fully saturated rings. The van der Waals surface area contributed by atoms with Crippen molar-refractivity contribution in [2.45, 2.75) is 18.9 Å². The maximum absolute atomic E-state index is 12.6. The lowest BCUT2D eigenvalue weighted by atomic mass is 10.0. The second kappa shape index (κ2) is 7.67. The fourth-order valence-corrected chi connectivity index (χ4v) is 3.34. The van der Waals surface area contributed by atoms with Gasteiger partial charge in [0.25, 0.3) is 0 Å². The topological polar surface area (TPSA) is 113 Å². The molecule has 0 spiro atoms. The molecular formula is C19H18ClN3O4. The number of amides is 3. The molecule has 0 bridgehead atoms. The molecule has 3 rings (SSSR count). The summed E-state index contributed by atoms with van der Waals surface area (Å²) in [6.07, 6.45) is 1.05. The van der Waals surface area contributed by atoms with Crippen LogP contribution in [-0.2, 0) is 4.79 Å². The number of nitrogens with one attached hydrogen (secondary N) is 1. The lowest BCUT2D eigenvalue weighted by Crippen LogP contribution is -2.42. The van der Waals surface area contributed by atoms with Gasteiger partial charge >= 0.3 is 12.0 Å². The normalized spacial score (nSPS) is 16.2. The van der Waals surface area contributed by atoms with Crippen molar-refractivity contribution in [3.05, 3.63) is 53.1 Å². The summed E-state index contributed by atoms with van der Waals surface area (Å²) in [7, 11) is 0. The molecule has 1 aliphatic rings. The van der Waals surface area contributed by atoms with E-state index < -0.39 is 23.9 Å². The van der Waals surface area contributed by atoms with Crippen LogP contribution < -0.4 is 11.1 Å². The molecule has 1 aliphatic heterocycles. The number of hydrogen-bond donors (Lipinski definition) is 3. The summed E-state index contributed by atoms with van der Waals surface area (Å²) in [5.74, 6) is -1.58. The van der Waals surface area contributed by atoms with Gasteiger partial charge in [0.2, 0.25) is 5.91 Å². The van der Waals surface area contributed by atoms with E-state index in [0.717, 1.165) is 0 Å². The number of likely N-dealkylation sites (tertiary alicyclic amines) is 1. The fourth-order valence-electron chi connectivity index (χ4n) is 3.17. The number of nitrogens with zero attached hydrogens (tertiary/aromatic N) is 1. The maximum atomic E-state index is 12.6. The first-order valence-electron chi connectivity index (χ1n) is 8.37. The molecule has 0 aliphatic carbocycles. The molecule has 0 unspecified atom stereocenters. The number of aliphatic carboxylic acids is 1. The van der Waals surface area contributed by atoms with Crippen molar-refractivity contribution in [2.75, 3.05) is 11.9 Å². The third kappa shape index (κ3) is 4.03. The summed E-state index contributed by atoms with van der Waals surface area (Å²) in [5.41, 5.74) is 7.41. The van der Waals surface area contributed by atoms with Gasteiger partial charge in [-0.15, -0.1) is 0 Å². The highest BCUT2D eigenvalue weighted by atomic mass is 35.5. The minimum absolute atomic E-state index is 0.338. The first-order valence-corrected chi connectivity index (χ1v) is 8.75. The summed E-state index contributed by atoms with van der Waals surface area (Å²) in [6, 6.07) is 10.3. The molecule has 1 atom stereocenters. The van der Waals surface area contributed by atoms with E-state index in [9.17, 15) is 19.5 Å². The van der Waals surface area contributed by atoms with Crippen molar-refractivity contribution in [1.29, 1.82) is 0 Å². The number of anilines is 1. The van der Waals surface area contributed by atoms with Gasteiger partial charge in [0, 0.05) is 22.7 Å². The number of hydrogen-bond acceptors (Lipinski definition) is 3. The van der Waals surface area contributed by atoms with E-state index in [4.69, 9.17) is 17.3 Å². The average Bonchev–Trinajstić information content (AvgIpc) is 3.12. The van der Waals surface area contributed by atoms with E-state index >= 15 is 0 Å². The van der Waals surface area contributed by atoms with Gasteiger partial charge in [-0.25, -0.2) is 9.59 Å². The van der Waals surface area contributed by atoms with E-state index in [0.29, 0.717) is 46.8 Å². The Labute approximate surface area is 160 Å². The SMILES string of the molecule is NC(=O)c1cccc(-c2ccc(Cl)cc2NC(=O)N2CCC[C@@H]2C(=O)O)c1. The molecule has 0 aromatic heterocycles. The first kappa shape index (κ1) is 18.7. The van der Waals surface area contributed by atoms with Gasteiger partial charge in [-0.1, -0.05) is 29.8 Å². The molecule has 0 radical (unpaired) electrons. The van der Waals surface area contributed by atoms with E-state index in [1.807, 2.05) is 0 Å². The monoisotopic (exact) mass is 387 g/mol. The zero-order valence-electron chi connectivity index (χ0n) is 14.3. The number of primary amides is 1. The van der Waals surface area contributed by atoms with Crippen molar-refractivity contribution in [3.8, 4) is 11.1 Å². The summed E-state index contributed by atoms with van der Waals surface area (Å²) < 4.78 is 0. The lowest BCUT2D eigenvalue weighted by Gasteiger charge is -2.23. The van der Waals surface area contributed by atoms with Crippen LogP contribution in [-0.4, -0.2) is 40.5 Å². The number of carbonyl (C=O) groups excluding carboxylic acids is 2. The third-order valence-electron chi connectivity index (χ3n) is 4.48. The Kier molecular flexibility index (Phi) is 5.32. The van der Waals surface area contributed by atoms with Gasteiger partial charge in [0.15, 0.2) is 0 Å². The number of urea groups is 1. The van der Waals surface area contributed by atoms with Crippen LogP contribution in [0.25, 0.3) is 11.1 Å². The molecule has 3 amide bonds. The quantitative estimate of drug-likeness (QED) is 0.747. The van der Waals surface area contributed by atoms with Crippen molar-refractivity contribution in [2.24, 2.45) is 5.73 Å². The maximum Gasteiger partial charge on any atom is 0.326 e. The summed E-state index contributed by atoms with van der Waals surface area (Å²) in [5, 5.41) is 12.4. The first-order chi connectivity index (χ1) is 12.9. The number of nitrogens with two attached hydrogens (primary N) is 1. The number of halogens is 1. The molecule has 140 valence electrons. The number of benzene rings is 2. The summed E-state index contributed by atoms with van der Waals surface area (Å²) in [6.45, 7) is 0.371. The molecule has 1 heterocycles. The van der Waals surface area contributed by atoms with E-state index in [1.54, 1.807) is 42.5 Å². The Morgan fingerprint density at radius 1 is 1.19 bits per heavy atom. The highest BCUT2D eigenvalue weighted by Crippen LogP contribution is 2.32. The Balaban J connectivity index is 1.93. The van der Waals surface area contributed by atoms with Crippen LogP contribution in [0.1, 0.15) is 23.2 Å². The van der Waals surface area contributed by atoms with Gasteiger partial charge in [0.05, 0.1) is 5.69 Å². The van der Waals surface area contributed by atoms with E-state index in [-0.39, 0.29) is 0 Å². The van der Waals surface area contributed by atoms with Crippen LogP contribution in [0.3, 0.4) is 0 Å². The van der Waals surface area contributed by atoms with Gasteiger partial charge < -0.3 is 21.1 Å². The van der Waals surface area contributed by atoms with Crippen molar-refractivity contribution >= 4 is 35.2 Å². The van der Waals surface area contributed by atoms with Crippen LogP contribution in [0.4, 0.5) is 10.5 Å². The molecule has 1 saturated heterocycles. The molecule has 8 heteroatoms. The molecule has 2 aromatic carbocycles. The Bertz CT molecular complexity index is 916. The minimum Gasteiger partial charge on any atom is -0.480 e. The van der Waals surface area contributed by atoms with Crippen molar-refractivity contribution < 1.29 is 19.5 Å². The highest BCUT2D eigenvalue weighted by molar-refractivity contribution is 6.31. The largest absolute Gasteiger partial charge is 0.480 e. The second-order valence-corrected chi connectivity index (χ2v) is 6.69. The van der Waals surface area contributed by atoms with Crippen LogP contribution in [0.2, 0.25) is 5.02 Å². The Morgan fingerprint density at radius 2 is 1.96 bits per heavy atom. The number of carbonyl (C=O) groups is 3. The predicted octanol–water partition coefficient (Wildman–Crippen LogP) is 3.19. The molecule has 7 nitrogen and oxygen atoms in total. The molecule has 27 heavy (non-hydrogen) atoms. The van der Waals surface area contributed by atoms with Crippen LogP contribution in [0.15, 0.2) is 42.5 Å². The lowest BCUT2D eigenvalue weighted by molar-refractivity contribution is -0.141. The molecule has 0 saturated carbocycles. The number of carboxylic acid groups (broad SMARTS) is 1. The average molecular weight is 388 g/mol. The van der Waals surface area contributed by atoms with Crippen LogP contribution >= 0.6 is 11.6 Å². The molecule has 4 N–H and O–H groups in total. The summed E-state index contributed by atoms with van der Waals surface area (Å²) >= 11 is 6.08. The van der Waals surface area contributed by atoms with Gasteiger partial charge in [-0.2, -0.15) is 0 Å². The fraction of sp³-hybridized carbons (Fsp3) is 0.211. The van der Waals surface area contributed by atoms with Gasteiger partial charge in [-0.05, 0) is 42.7 Å². The third-order valence-corrected chi connectivity index (χ3v) is 4.72. The van der Waals surface area contributed by atoms with E-state index in [1.165, 1.54) is 4.90 Å². The van der Waals surface area contributed by atoms with Crippen molar-refractivity contribution in [1.82, 2.24) is 4.90 Å². The predicted molar refractivity (Wildman–Crippen MR) is 102 cm³/mol. The zero-order valence-corrected chi connectivity index (χ0v) is 15.1. The van der Waals surface area contributed by atoms with Crippen LogP contribution in [0.5, 0.6) is 0 Å². The molecular weight excluding hydrogens is 370 g/mol. The van der Waals surface area contributed by atoms with Crippen molar-refractivity contribution in [3.63, 3.8) is 0 Å². The zero-order chi connectivity index (χ0) is 19.6. The summed E-state index contributed by atoms with van der Waals surface area (Å²) in [4.78, 5) is 36.7. The Hall–Kier alpha value is -3.06. The second-order valence-electron chi connectivity index (χ2n) is 6.25. The smallest absolute Gasteiger partial charge is 0.326 e. The van der Waals surface area contributed by atoms with Gasteiger partial charge in [-0.3, -0.25) is 4.79 Å². The van der Waals surface area contributed by atoms with Gasteiger partial charge in [0.1, 0.15) is 6.04 Å². The van der Waals surface area contributed by atoms with E-state index in [2.05, 4.69) is 5.32 Å². The van der Waals surface area contributed by atoms with Crippen LogP contribution in [0, 0.1) is 0 Å². The highest BCUT2D eigenvalue weighted by Gasteiger charge is 2.34. The Morgan fingerprint density at radius 3 is 2.67 bits per heavy atom. The minimum atomic E-state index is -1.02. The number of rotatable bonds is 4. The standard InChI is InChI=1S/C19H18ClN3O4/c20-13-6-7-14(11-3-1-4-12(9-11)17(21)24)15(10-13)22-19(27)23-8-2-5-16(23)18(25)26/h1,3-4,6-7,9-10,16H,2,5,8H2,(H2,21,24)(H,22,27)(H,25,26)/t16-/m1/s1. The molecule has 2 aromatic rings.